The summed E-state index contributed by atoms with van der Waals surface area (Å²) in [5.74, 6) is 0. The topological polar surface area (TPSA) is 0 Å². The zero-order valence-electron chi connectivity index (χ0n) is 8.38. The molecule has 1 aliphatic carbocycles. The zero-order chi connectivity index (χ0) is 10.3. The van der Waals surface area contributed by atoms with Gasteiger partial charge >= 0.3 is 0 Å². The lowest BCUT2D eigenvalue weighted by Gasteiger charge is -2.19. The predicted molar refractivity (Wildman–Crippen MR) is 67.9 cm³/mol. The third-order valence-electron chi connectivity index (χ3n) is 3.11. The maximum absolute atomic E-state index is 3.67. The molecule has 2 aromatic carbocycles. The SMILES string of the molecule is [Si][Si]=C1CCc2cccc3cccc1c23. The first-order chi connectivity index (χ1) is 7.40. The predicted octanol–water partition coefficient (Wildman–Crippen LogP) is 2.09. The third-order valence-corrected chi connectivity index (χ3v) is 4.84. The molecule has 4 radical (unpaired) electrons. The molecule has 0 atom stereocenters. The number of benzene rings is 2. The molecule has 0 fully saturated rings. The molecule has 0 amide bonds. The lowest BCUT2D eigenvalue weighted by molar-refractivity contribution is 1.05. The summed E-state index contributed by atoms with van der Waals surface area (Å²) in [6.45, 7) is 0. The Bertz CT molecular complexity index is 550. The van der Waals surface area contributed by atoms with E-state index in [1.54, 1.807) is 5.17 Å². The third kappa shape index (κ3) is 1.36. The summed E-state index contributed by atoms with van der Waals surface area (Å²) in [5.41, 5.74) is 2.97. The first-order valence-electron chi connectivity index (χ1n) is 5.20. The van der Waals surface area contributed by atoms with Crippen LogP contribution in [0.25, 0.3) is 10.8 Å². The summed E-state index contributed by atoms with van der Waals surface area (Å²) < 4.78 is 0. The lowest BCUT2D eigenvalue weighted by Crippen LogP contribution is -2.14. The second-order valence-electron chi connectivity index (χ2n) is 3.92. The largest absolute Gasteiger partial charge is 0.0636 e. The van der Waals surface area contributed by atoms with E-state index >= 15 is 0 Å². The molecule has 0 N–H and O–H groups in total. The second kappa shape index (κ2) is 3.54. The van der Waals surface area contributed by atoms with Crippen molar-refractivity contribution in [1.82, 2.24) is 0 Å². The van der Waals surface area contributed by atoms with Crippen LogP contribution in [-0.4, -0.2) is 23.6 Å². The summed E-state index contributed by atoms with van der Waals surface area (Å²) >= 11 is 0. The van der Waals surface area contributed by atoms with Gasteiger partial charge in [0.2, 0.25) is 0 Å². The van der Waals surface area contributed by atoms with Crippen molar-refractivity contribution in [2.75, 3.05) is 0 Å². The molecule has 0 aromatic heterocycles. The van der Waals surface area contributed by atoms with Crippen LogP contribution in [0.15, 0.2) is 36.4 Å². The van der Waals surface area contributed by atoms with Crippen molar-refractivity contribution < 1.29 is 0 Å². The summed E-state index contributed by atoms with van der Waals surface area (Å²) in [7, 11) is 4.42. The molecule has 0 unspecified atom stereocenters. The van der Waals surface area contributed by atoms with Gasteiger partial charge in [-0.2, -0.15) is 0 Å². The van der Waals surface area contributed by atoms with E-state index in [4.69, 9.17) is 0 Å². The van der Waals surface area contributed by atoms with Gasteiger partial charge in [-0.05, 0) is 34.7 Å². The van der Waals surface area contributed by atoms with Crippen molar-refractivity contribution in [3.8, 4) is 0 Å². The van der Waals surface area contributed by atoms with Gasteiger partial charge in [-0.1, -0.05) is 41.6 Å². The average Bonchev–Trinajstić information content (AvgIpc) is 2.30. The molecule has 3 rings (SSSR count). The monoisotopic (exact) mass is 222 g/mol. The molecular formula is C13H10Si2. The van der Waals surface area contributed by atoms with Crippen LogP contribution in [0.3, 0.4) is 0 Å². The highest BCUT2D eigenvalue weighted by Gasteiger charge is 2.14. The Balaban J connectivity index is 2.46. The van der Waals surface area contributed by atoms with Crippen LogP contribution in [-0.2, 0) is 6.42 Å². The summed E-state index contributed by atoms with van der Waals surface area (Å²) in [5, 5.41) is 4.43. The van der Waals surface area contributed by atoms with Gasteiger partial charge in [0.15, 0.2) is 0 Å². The fourth-order valence-corrected chi connectivity index (χ4v) is 3.77. The second-order valence-corrected chi connectivity index (χ2v) is 5.53. The smallest absolute Gasteiger partial charge is 0.0371 e. The summed E-state index contributed by atoms with van der Waals surface area (Å²) in [4.78, 5) is 0. The van der Waals surface area contributed by atoms with Gasteiger partial charge in [0, 0.05) is 18.4 Å². The highest BCUT2D eigenvalue weighted by Crippen LogP contribution is 2.29. The van der Waals surface area contributed by atoms with Crippen molar-refractivity contribution in [2.24, 2.45) is 0 Å². The van der Waals surface area contributed by atoms with E-state index < -0.39 is 0 Å². The van der Waals surface area contributed by atoms with Crippen molar-refractivity contribution in [1.29, 1.82) is 0 Å². The van der Waals surface area contributed by atoms with E-state index in [2.05, 4.69) is 46.2 Å². The highest BCUT2D eigenvalue weighted by atomic mass is 29.1. The summed E-state index contributed by atoms with van der Waals surface area (Å²) in [6.07, 6.45) is 2.40. The Labute approximate surface area is 95.0 Å². The van der Waals surface area contributed by atoms with Crippen LogP contribution >= 0.6 is 0 Å². The quantitative estimate of drug-likeness (QED) is 0.599. The van der Waals surface area contributed by atoms with Crippen LogP contribution in [0.2, 0.25) is 0 Å². The Kier molecular flexibility index (Phi) is 2.18. The zero-order valence-corrected chi connectivity index (χ0v) is 10.4. The maximum atomic E-state index is 3.67. The Morgan fingerprint density at radius 1 is 1.00 bits per heavy atom. The lowest BCUT2D eigenvalue weighted by atomic mass is 9.88. The molecular weight excluding hydrogens is 212 g/mol. The van der Waals surface area contributed by atoms with Gasteiger partial charge in [-0.3, -0.25) is 0 Å². The van der Waals surface area contributed by atoms with Crippen molar-refractivity contribution in [3.63, 3.8) is 0 Å². The van der Waals surface area contributed by atoms with E-state index in [0.29, 0.717) is 0 Å². The molecule has 2 heteroatoms. The molecule has 2 aromatic rings. The Morgan fingerprint density at radius 3 is 2.60 bits per heavy atom. The minimum absolute atomic E-state index is 0.756. The van der Waals surface area contributed by atoms with E-state index in [1.165, 1.54) is 34.7 Å². The van der Waals surface area contributed by atoms with E-state index in [-0.39, 0.29) is 0 Å². The molecule has 0 spiro atoms. The number of hydrogen-bond acceptors (Lipinski definition) is 0. The maximum Gasteiger partial charge on any atom is 0.0371 e. The number of aryl methyl sites for hydroxylation is 1. The van der Waals surface area contributed by atoms with Crippen molar-refractivity contribution in [3.05, 3.63) is 47.5 Å². The minimum atomic E-state index is 0.756. The van der Waals surface area contributed by atoms with Crippen LogP contribution in [0.5, 0.6) is 0 Å². The highest BCUT2D eigenvalue weighted by molar-refractivity contribution is 6.96. The van der Waals surface area contributed by atoms with Crippen LogP contribution in [0.4, 0.5) is 0 Å². The molecule has 1 aliphatic rings. The van der Waals surface area contributed by atoms with Crippen molar-refractivity contribution in [2.45, 2.75) is 12.8 Å². The van der Waals surface area contributed by atoms with Gasteiger partial charge in [0.1, 0.15) is 0 Å². The van der Waals surface area contributed by atoms with Gasteiger partial charge in [-0.25, -0.2) is 0 Å². The van der Waals surface area contributed by atoms with Gasteiger partial charge in [0.25, 0.3) is 0 Å². The van der Waals surface area contributed by atoms with Crippen molar-refractivity contribution >= 4 is 34.4 Å². The molecule has 0 heterocycles. The molecule has 0 nitrogen and oxygen atoms in total. The van der Waals surface area contributed by atoms with E-state index in [0.717, 1.165) is 8.65 Å². The van der Waals surface area contributed by atoms with Crippen LogP contribution in [0.1, 0.15) is 17.5 Å². The number of hydrogen-bond donors (Lipinski definition) is 0. The normalized spacial score (nSPS) is 17.3. The molecule has 15 heavy (non-hydrogen) atoms. The Hall–Kier alpha value is -0.996. The average molecular weight is 222 g/mol. The minimum Gasteiger partial charge on any atom is -0.0636 e. The molecule has 0 saturated heterocycles. The van der Waals surface area contributed by atoms with E-state index in [9.17, 15) is 0 Å². The van der Waals surface area contributed by atoms with Gasteiger partial charge in [-0.15, -0.1) is 0 Å². The van der Waals surface area contributed by atoms with E-state index in [1.807, 2.05) is 0 Å². The van der Waals surface area contributed by atoms with Crippen LogP contribution in [0, 0.1) is 0 Å². The number of rotatable bonds is 0. The Morgan fingerprint density at radius 2 is 1.80 bits per heavy atom. The molecule has 70 valence electrons. The molecule has 0 bridgehead atoms. The standard InChI is InChI=1S/C13H10Si2/c14-15-12-8-7-10-4-1-3-9-5-2-6-11(12)13(9)10/h1-6H,7-8H2. The fraction of sp³-hybridized carbons (Fsp3) is 0.154. The molecule has 0 saturated carbocycles. The first-order valence-corrected chi connectivity index (χ1v) is 7.70. The van der Waals surface area contributed by atoms with Gasteiger partial charge in [0.05, 0.1) is 0 Å². The first kappa shape index (κ1) is 9.25. The van der Waals surface area contributed by atoms with Crippen LogP contribution < -0.4 is 0 Å². The molecule has 0 aliphatic heterocycles. The summed E-state index contributed by atoms with van der Waals surface area (Å²) in [6, 6.07) is 13.3. The fourth-order valence-electron chi connectivity index (χ4n) is 2.40. The van der Waals surface area contributed by atoms with Gasteiger partial charge < -0.3 is 0 Å².